The molecular formula is C14H19FN2O2. The third-order valence-electron chi connectivity index (χ3n) is 3.62. The summed E-state index contributed by atoms with van der Waals surface area (Å²) in [7, 11) is 0. The molecule has 1 saturated heterocycles. The summed E-state index contributed by atoms with van der Waals surface area (Å²) in [6.07, 6.45) is 0.896. The van der Waals surface area contributed by atoms with Gasteiger partial charge in [0.25, 0.3) is 0 Å². The van der Waals surface area contributed by atoms with Gasteiger partial charge < -0.3 is 15.7 Å². The molecule has 1 aromatic rings. The smallest absolute Gasteiger partial charge is 0.222 e. The first kappa shape index (κ1) is 13.8. The van der Waals surface area contributed by atoms with E-state index < -0.39 is 6.10 Å². The maximum Gasteiger partial charge on any atom is 0.222 e. The number of aliphatic hydroxyl groups excluding tert-OH is 1. The van der Waals surface area contributed by atoms with Crippen LogP contribution in [0.3, 0.4) is 0 Å². The van der Waals surface area contributed by atoms with Crippen LogP contribution in [-0.4, -0.2) is 24.1 Å². The lowest BCUT2D eigenvalue weighted by Gasteiger charge is -2.33. The van der Waals surface area contributed by atoms with Gasteiger partial charge in [0.05, 0.1) is 17.7 Å². The number of halogens is 1. The quantitative estimate of drug-likeness (QED) is 0.873. The molecule has 0 spiro atoms. The molecule has 0 radical (unpaired) electrons. The van der Waals surface area contributed by atoms with E-state index in [4.69, 9.17) is 5.73 Å². The van der Waals surface area contributed by atoms with E-state index >= 15 is 0 Å². The Balaban J connectivity index is 2.19. The van der Waals surface area contributed by atoms with Gasteiger partial charge in [0.15, 0.2) is 0 Å². The number of nitrogens with two attached hydrogens (primary N) is 1. The van der Waals surface area contributed by atoms with Crippen LogP contribution in [0.4, 0.5) is 10.1 Å². The van der Waals surface area contributed by atoms with Crippen molar-refractivity contribution in [3.63, 3.8) is 0 Å². The number of aliphatic hydroxyl groups is 1. The summed E-state index contributed by atoms with van der Waals surface area (Å²) >= 11 is 0. The van der Waals surface area contributed by atoms with Gasteiger partial charge in [-0.05, 0) is 37.5 Å². The van der Waals surface area contributed by atoms with Crippen LogP contribution in [0.25, 0.3) is 0 Å². The normalized spacial score (nSPS) is 21.2. The number of benzene rings is 1. The summed E-state index contributed by atoms with van der Waals surface area (Å²) in [5.41, 5.74) is 6.33. The third kappa shape index (κ3) is 3.04. The zero-order chi connectivity index (χ0) is 14.0. The van der Waals surface area contributed by atoms with Gasteiger partial charge in [-0.25, -0.2) is 4.39 Å². The minimum Gasteiger partial charge on any atom is -0.389 e. The van der Waals surface area contributed by atoms with Crippen LogP contribution in [0.15, 0.2) is 18.2 Å². The van der Waals surface area contributed by atoms with Gasteiger partial charge in [0.2, 0.25) is 5.91 Å². The first-order valence-electron chi connectivity index (χ1n) is 6.51. The summed E-state index contributed by atoms with van der Waals surface area (Å²) in [6.45, 7) is 2.77. The number of amides is 1. The molecule has 0 aliphatic carbocycles. The number of piperidine rings is 1. The molecule has 2 rings (SSSR count). The van der Waals surface area contributed by atoms with Gasteiger partial charge in [-0.2, -0.15) is 0 Å². The fourth-order valence-corrected chi connectivity index (χ4v) is 2.47. The van der Waals surface area contributed by atoms with Gasteiger partial charge in [-0.1, -0.05) is 6.07 Å². The second-order valence-electron chi connectivity index (χ2n) is 5.07. The molecule has 1 unspecified atom stereocenters. The predicted molar refractivity (Wildman–Crippen MR) is 71.2 cm³/mol. The van der Waals surface area contributed by atoms with Crippen molar-refractivity contribution in [3.05, 3.63) is 29.6 Å². The zero-order valence-electron chi connectivity index (χ0n) is 11.0. The molecule has 1 fully saturated rings. The number of hydrogen-bond donors (Lipinski definition) is 2. The standard InChI is InChI=1S/C14H19FN2O2/c1-9(18)10-4-5-13(12(15)7-10)17-6-2-3-11(8-17)14(16)19/h4-5,7,9,11,18H,2-3,6,8H2,1H3,(H2,16,19)/t9-,11?/m1/s1. The van der Waals surface area contributed by atoms with Crippen molar-refractivity contribution in [2.75, 3.05) is 18.0 Å². The lowest BCUT2D eigenvalue weighted by molar-refractivity contribution is -0.122. The van der Waals surface area contributed by atoms with Crippen LogP contribution in [0.1, 0.15) is 31.4 Å². The van der Waals surface area contributed by atoms with Gasteiger partial charge in [0, 0.05) is 13.1 Å². The lowest BCUT2D eigenvalue weighted by atomic mass is 9.96. The Labute approximate surface area is 112 Å². The number of hydrogen-bond acceptors (Lipinski definition) is 3. The molecule has 0 bridgehead atoms. The average molecular weight is 266 g/mol. The van der Waals surface area contributed by atoms with Crippen LogP contribution < -0.4 is 10.6 Å². The van der Waals surface area contributed by atoms with Crippen LogP contribution in [0.2, 0.25) is 0 Å². The van der Waals surface area contributed by atoms with E-state index in [-0.39, 0.29) is 17.6 Å². The zero-order valence-corrected chi connectivity index (χ0v) is 11.0. The maximum absolute atomic E-state index is 14.1. The summed E-state index contributed by atoms with van der Waals surface area (Å²) in [5, 5.41) is 9.42. The summed E-state index contributed by atoms with van der Waals surface area (Å²) in [5.74, 6) is -0.918. The minimum atomic E-state index is -0.691. The molecule has 3 N–H and O–H groups in total. The minimum absolute atomic E-state index is 0.218. The molecule has 1 aliphatic rings. The molecule has 104 valence electrons. The predicted octanol–water partition coefficient (Wildman–Crippen LogP) is 1.58. The lowest BCUT2D eigenvalue weighted by Crippen LogP contribution is -2.41. The Kier molecular flexibility index (Phi) is 4.04. The molecule has 4 nitrogen and oxygen atoms in total. The number of carbonyl (C=O) groups excluding carboxylic acids is 1. The highest BCUT2D eigenvalue weighted by atomic mass is 19.1. The number of primary amides is 1. The van der Waals surface area contributed by atoms with Gasteiger partial charge in [-0.15, -0.1) is 0 Å². The third-order valence-corrected chi connectivity index (χ3v) is 3.62. The van der Waals surface area contributed by atoms with Crippen LogP contribution >= 0.6 is 0 Å². The highest BCUT2D eigenvalue weighted by molar-refractivity contribution is 5.77. The fourth-order valence-electron chi connectivity index (χ4n) is 2.47. The number of carbonyl (C=O) groups is 1. The molecule has 5 heteroatoms. The van der Waals surface area contributed by atoms with E-state index in [0.717, 1.165) is 12.8 Å². The highest BCUT2D eigenvalue weighted by Crippen LogP contribution is 2.27. The van der Waals surface area contributed by atoms with E-state index in [2.05, 4.69) is 0 Å². The number of anilines is 1. The number of nitrogens with zero attached hydrogens (tertiary/aromatic N) is 1. The molecule has 0 saturated carbocycles. The Morgan fingerprint density at radius 2 is 2.32 bits per heavy atom. The summed E-state index contributed by atoms with van der Waals surface area (Å²) < 4.78 is 14.1. The van der Waals surface area contributed by atoms with Crippen LogP contribution in [-0.2, 0) is 4.79 Å². The van der Waals surface area contributed by atoms with Gasteiger partial charge in [0.1, 0.15) is 5.82 Å². The fraction of sp³-hybridized carbons (Fsp3) is 0.500. The van der Waals surface area contributed by atoms with Crippen LogP contribution in [0, 0.1) is 11.7 Å². The number of rotatable bonds is 3. The van der Waals surface area contributed by atoms with Crippen molar-refractivity contribution < 1.29 is 14.3 Å². The van der Waals surface area contributed by atoms with Gasteiger partial charge in [-0.3, -0.25) is 4.79 Å². The summed E-state index contributed by atoms with van der Waals surface area (Å²) in [4.78, 5) is 13.1. The van der Waals surface area contributed by atoms with Crippen molar-refractivity contribution in [2.45, 2.75) is 25.9 Å². The SMILES string of the molecule is C[C@@H](O)c1ccc(N2CCCC(C(N)=O)C2)c(F)c1. The van der Waals surface area contributed by atoms with Crippen LogP contribution in [0.5, 0.6) is 0 Å². The molecule has 1 heterocycles. The molecular weight excluding hydrogens is 247 g/mol. The van der Waals surface area contributed by atoms with Crippen molar-refractivity contribution in [1.29, 1.82) is 0 Å². The monoisotopic (exact) mass is 266 g/mol. The molecule has 1 aliphatic heterocycles. The molecule has 1 amide bonds. The average Bonchev–Trinajstić information content (AvgIpc) is 2.38. The van der Waals surface area contributed by atoms with E-state index in [9.17, 15) is 14.3 Å². The largest absolute Gasteiger partial charge is 0.389 e. The maximum atomic E-state index is 14.1. The first-order chi connectivity index (χ1) is 8.99. The summed E-state index contributed by atoms with van der Waals surface area (Å²) in [6, 6.07) is 4.70. The second kappa shape index (κ2) is 5.57. The van der Waals surface area contributed by atoms with Crippen molar-refractivity contribution in [1.82, 2.24) is 0 Å². The Morgan fingerprint density at radius 1 is 1.58 bits per heavy atom. The van der Waals surface area contributed by atoms with Crippen molar-refractivity contribution >= 4 is 11.6 Å². The first-order valence-corrected chi connectivity index (χ1v) is 6.51. The molecule has 19 heavy (non-hydrogen) atoms. The van der Waals surface area contributed by atoms with E-state index in [1.54, 1.807) is 19.1 Å². The van der Waals surface area contributed by atoms with E-state index in [0.29, 0.717) is 24.3 Å². The Morgan fingerprint density at radius 3 is 2.89 bits per heavy atom. The highest BCUT2D eigenvalue weighted by Gasteiger charge is 2.25. The molecule has 0 aromatic heterocycles. The molecule has 2 atom stereocenters. The second-order valence-corrected chi connectivity index (χ2v) is 5.07. The van der Waals surface area contributed by atoms with Gasteiger partial charge >= 0.3 is 0 Å². The van der Waals surface area contributed by atoms with E-state index in [1.165, 1.54) is 6.07 Å². The topological polar surface area (TPSA) is 66.6 Å². The Bertz CT molecular complexity index is 477. The van der Waals surface area contributed by atoms with Crippen molar-refractivity contribution in [2.24, 2.45) is 11.7 Å². The van der Waals surface area contributed by atoms with Crippen molar-refractivity contribution in [3.8, 4) is 0 Å². The Hall–Kier alpha value is -1.62. The van der Waals surface area contributed by atoms with E-state index in [1.807, 2.05) is 4.90 Å². The molecule has 1 aromatic carbocycles.